The van der Waals surface area contributed by atoms with Gasteiger partial charge in [0.05, 0.1) is 24.0 Å². The second-order valence-electron chi connectivity index (χ2n) is 9.91. The summed E-state index contributed by atoms with van der Waals surface area (Å²) in [6.07, 6.45) is 0.829. The van der Waals surface area contributed by atoms with Crippen LogP contribution in [0.5, 0.6) is 0 Å². The predicted molar refractivity (Wildman–Crippen MR) is 111 cm³/mol. The van der Waals surface area contributed by atoms with Crippen LogP contribution in [0.2, 0.25) is 18.1 Å². The zero-order valence-corrected chi connectivity index (χ0v) is 19.5. The molecule has 7 heteroatoms. The average molecular weight is 398 g/mol. The van der Waals surface area contributed by atoms with Crippen molar-refractivity contribution < 1.29 is 14.0 Å². The number of nitrogens with one attached hydrogen (secondary N) is 1. The molecule has 2 unspecified atom stereocenters. The highest BCUT2D eigenvalue weighted by atomic mass is 28.4. The van der Waals surface area contributed by atoms with Gasteiger partial charge in [0.2, 0.25) is 11.8 Å². The van der Waals surface area contributed by atoms with Crippen LogP contribution in [0.3, 0.4) is 0 Å². The van der Waals surface area contributed by atoms with E-state index in [-0.39, 0.29) is 40.8 Å². The lowest BCUT2D eigenvalue weighted by molar-refractivity contribution is -0.148. The van der Waals surface area contributed by atoms with Gasteiger partial charge in [-0.25, -0.2) is 0 Å². The Kier molecular flexibility index (Phi) is 6.80. The fraction of sp³-hybridized carbons (Fsp3) is 0.900. The third-order valence-corrected chi connectivity index (χ3v) is 11.3. The molecule has 0 aromatic rings. The number of hydrogen-bond acceptors (Lipinski definition) is 4. The summed E-state index contributed by atoms with van der Waals surface area (Å²) in [6.45, 7) is 18.5. The van der Waals surface area contributed by atoms with Crippen molar-refractivity contribution in [3.63, 3.8) is 0 Å². The Morgan fingerprint density at radius 2 is 1.81 bits per heavy atom. The first-order valence-electron chi connectivity index (χ1n) is 10.3. The Labute approximate surface area is 166 Å². The highest BCUT2D eigenvalue weighted by Crippen LogP contribution is 2.39. The molecule has 2 heterocycles. The second kappa shape index (κ2) is 8.21. The van der Waals surface area contributed by atoms with E-state index in [4.69, 9.17) is 4.43 Å². The van der Waals surface area contributed by atoms with Gasteiger partial charge < -0.3 is 19.5 Å². The maximum atomic E-state index is 13.0. The number of likely N-dealkylation sites (N-methyl/N-ethyl adjacent to an activating group) is 1. The first kappa shape index (κ1) is 22.4. The van der Waals surface area contributed by atoms with E-state index in [0.717, 1.165) is 32.6 Å². The van der Waals surface area contributed by atoms with Crippen molar-refractivity contribution in [2.24, 2.45) is 11.8 Å². The van der Waals surface area contributed by atoms with Gasteiger partial charge in [-0.1, -0.05) is 27.7 Å². The van der Waals surface area contributed by atoms with Crippen molar-refractivity contribution in [2.45, 2.75) is 71.3 Å². The lowest BCUT2D eigenvalue weighted by Crippen LogP contribution is -2.67. The van der Waals surface area contributed by atoms with Crippen LogP contribution < -0.4 is 5.32 Å². The largest absolute Gasteiger partial charge is 0.413 e. The first-order chi connectivity index (χ1) is 12.3. The van der Waals surface area contributed by atoms with Crippen LogP contribution in [0.25, 0.3) is 0 Å². The molecule has 2 amide bonds. The molecule has 0 bridgehead atoms. The zero-order chi connectivity index (χ0) is 20.6. The van der Waals surface area contributed by atoms with Crippen molar-refractivity contribution in [1.29, 1.82) is 0 Å². The van der Waals surface area contributed by atoms with E-state index in [1.54, 1.807) is 0 Å². The van der Waals surface area contributed by atoms with Gasteiger partial charge in [0.15, 0.2) is 8.32 Å². The number of carbonyl (C=O) groups excluding carboxylic acids is 2. The SMILES string of the molecule is CC(C(=O)N1CCCN(C)CC1)[C@H]1NC(=O)[C@@H]1C(C)O[Si](C)(C)C(C)(C)C. The van der Waals surface area contributed by atoms with Crippen LogP contribution in [0.15, 0.2) is 0 Å². The Hall–Kier alpha value is -0.923. The molecule has 2 rings (SSSR count). The summed E-state index contributed by atoms with van der Waals surface area (Å²) in [6, 6.07) is -0.134. The van der Waals surface area contributed by atoms with Gasteiger partial charge in [0, 0.05) is 19.6 Å². The van der Waals surface area contributed by atoms with Gasteiger partial charge in [-0.15, -0.1) is 0 Å². The molecular weight excluding hydrogens is 358 g/mol. The summed E-state index contributed by atoms with van der Waals surface area (Å²) in [5.74, 6) is -0.296. The highest BCUT2D eigenvalue weighted by Gasteiger charge is 2.50. The van der Waals surface area contributed by atoms with Crippen molar-refractivity contribution in [3.8, 4) is 0 Å². The zero-order valence-electron chi connectivity index (χ0n) is 18.5. The molecule has 0 radical (unpaired) electrons. The third kappa shape index (κ3) is 4.92. The molecule has 2 saturated heterocycles. The summed E-state index contributed by atoms with van der Waals surface area (Å²) < 4.78 is 6.46. The molecule has 0 spiro atoms. The van der Waals surface area contributed by atoms with Crippen molar-refractivity contribution in [2.75, 3.05) is 33.2 Å². The Bertz CT molecular complexity index is 561. The quantitative estimate of drug-likeness (QED) is 0.571. The van der Waals surface area contributed by atoms with E-state index < -0.39 is 8.32 Å². The van der Waals surface area contributed by atoms with Gasteiger partial charge in [-0.05, 0) is 45.1 Å². The fourth-order valence-corrected chi connectivity index (χ4v) is 5.21. The minimum atomic E-state index is -1.96. The number of carbonyl (C=O) groups is 2. The minimum Gasteiger partial charge on any atom is -0.413 e. The maximum absolute atomic E-state index is 13.0. The van der Waals surface area contributed by atoms with Crippen LogP contribution >= 0.6 is 0 Å². The lowest BCUT2D eigenvalue weighted by Gasteiger charge is -2.47. The van der Waals surface area contributed by atoms with Gasteiger partial charge in [-0.3, -0.25) is 9.59 Å². The summed E-state index contributed by atoms with van der Waals surface area (Å²) in [4.78, 5) is 29.6. The lowest BCUT2D eigenvalue weighted by atomic mass is 9.78. The average Bonchev–Trinajstić information content (AvgIpc) is 2.74. The molecule has 1 N–H and O–H groups in total. The van der Waals surface area contributed by atoms with Gasteiger partial charge >= 0.3 is 0 Å². The fourth-order valence-electron chi connectivity index (χ4n) is 3.78. The smallest absolute Gasteiger partial charge is 0.228 e. The van der Waals surface area contributed by atoms with Gasteiger partial charge in [0.1, 0.15) is 0 Å². The Balaban J connectivity index is 2.03. The van der Waals surface area contributed by atoms with Crippen LogP contribution in [0, 0.1) is 11.8 Å². The second-order valence-corrected chi connectivity index (χ2v) is 14.7. The van der Waals surface area contributed by atoms with E-state index in [9.17, 15) is 9.59 Å². The van der Waals surface area contributed by atoms with Gasteiger partial charge in [0.25, 0.3) is 0 Å². The van der Waals surface area contributed by atoms with Crippen LogP contribution in [0.1, 0.15) is 41.0 Å². The molecule has 2 aliphatic heterocycles. The van der Waals surface area contributed by atoms with Crippen LogP contribution in [-0.4, -0.2) is 75.3 Å². The summed E-state index contributed by atoms with van der Waals surface area (Å²) in [5.41, 5.74) is 0. The number of β-lactam (4-membered cyclic amide) rings is 1. The molecule has 4 atom stereocenters. The normalized spacial score (nSPS) is 27.4. The molecule has 6 nitrogen and oxygen atoms in total. The highest BCUT2D eigenvalue weighted by molar-refractivity contribution is 6.74. The Morgan fingerprint density at radius 3 is 2.37 bits per heavy atom. The summed E-state index contributed by atoms with van der Waals surface area (Å²) in [5, 5.41) is 3.07. The topological polar surface area (TPSA) is 61.9 Å². The molecule has 156 valence electrons. The molecular formula is C20H39N3O3Si. The van der Waals surface area contributed by atoms with Crippen molar-refractivity contribution in [1.82, 2.24) is 15.1 Å². The molecule has 27 heavy (non-hydrogen) atoms. The summed E-state index contributed by atoms with van der Waals surface area (Å²) in [7, 11) is 0.135. The number of rotatable bonds is 5. The number of amides is 2. The molecule has 2 fully saturated rings. The first-order valence-corrected chi connectivity index (χ1v) is 13.2. The summed E-state index contributed by atoms with van der Waals surface area (Å²) >= 11 is 0. The van der Waals surface area contributed by atoms with Crippen molar-refractivity contribution in [3.05, 3.63) is 0 Å². The monoisotopic (exact) mass is 397 g/mol. The molecule has 0 aliphatic carbocycles. The maximum Gasteiger partial charge on any atom is 0.228 e. The van der Waals surface area contributed by atoms with E-state index in [2.05, 4.69) is 51.1 Å². The number of hydrogen-bond donors (Lipinski definition) is 1. The molecule has 2 aliphatic rings. The standard InChI is InChI=1S/C20H39N3O3Si/c1-14(19(25)23-11-9-10-22(6)12-13-23)17-16(18(24)21-17)15(2)26-27(7,8)20(3,4)5/h14-17H,9-13H2,1-8H3,(H,21,24)/t14?,15?,16-,17-/m1/s1. The molecule has 0 aromatic carbocycles. The van der Waals surface area contributed by atoms with E-state index in [1.165, 1.54) is 0 Å². The molecule has 0 aromatic heterocycles. The molecule has 0 saturated carbocycles. The van der Waals surface area contributed by atoms with Crippen LogP contribution in [-0.2, 0) is 14.0 Å². The van der Waals surface area contributed by atoms with E-state index in [1.807, 2.05) is 18.7 Å². The van der Waals surface area contributed by atoms with Crippen LogP contribution in [0.4, 0.5) is 0 Å². The van der Waals surface area contributed by atoms with Gasteiger partial charge in [-0.2, -0.15) is 0 Å². The van der Waals surface area contributed by atoms with E-state index >= 15 is 0 Å². The van der Waals surface area contributed by atoms with Crippen molar-refractivity contribution >= 4 is 20.1 Å². The third-order valence-electron chi connectivity index (χ3n) is 6.75. The Morgan fingerprint density at radius 1 is 1.19 bits per heavy atom. The number of nitrogens with zero attached hydrogens (tertiary/aromatic N) is 2. The minimum absolute atomic E-state index is 0.0152. The predicted octanol–water partition coefficient (Wildman–Crippen LogP) is 2.31. The van der Waals surface area contributed by atoms with E-state index in [0.29, 0.717) is 0 Å².